The molecule has 0 spiro atoms. The zero-order valence-electron chi connectivity index (χ0n) is 20.0. The number of carbonyl (C=O) groups excluding carboxylic acids is 1. The van der Waals surface area contributed by atoms with Crippen molar-refractivity contribution in [2.75, 3.05) is 18.5 Å². The molecule has 0 bridgehead atoms. The predicted molar refractivity (Wildman–Crippen MR) is 136 cm³/mol. The fraction of sp³-hybridized carbons (Fsp3) is 0.259. The third-order valence-electron chi connectivity index (χ3n) is 6.58. The van der Waals surface area contributed by atoms with Gasteiger partial charge in [-0.3, -0.25) is 4.79 Å². The fourth-order valence-electron chi connectivity index (χ4n) is 4.53. The summed E-state index contributed by atoms with van der Waals surface area (Å²) in [6.07, 6.45) is 2.85. The maximum absolute atomic E-state index is 15.7. The molecule has 0 amide bonds. The molecule has 0 aliphatic carbocycles. The molecule has 1 heterocycles. The molecule has 0 fully saturated rings. The van der Waals surface area contributed by atoms with Crippen LogP contribution in [0.15, 0.2) is 65.6 Å². The van der Waals surface area contributed by atoms with Crippen LogP contribution in [0.25, 0.3) is 11.1 Å². The van der Waals surface area contributed by atoms with Crippen LogP contribution in [0.4, 0.5) is 15.8 Å². The maximum Gasteiger partial charge on any atom is 0.335 e. The Labute approximate surface area is 209 Å². The third kappa shape index (κ3) is 4.64. The number of hydrogen-bond donors (Lipinski definition) is 1. The lowest BCUT2D eigenvalue weighted by molar-refractivity contribution is 0.0696. The Morgan fingerprint density at radius 3 is 2.47 bits per heavy atom. The lowest BCUT2D eigenvalue weighted by Gasteiger charge is -2.29. The normalized spacial score (nSPS) is 17.3. The second-order valence-electron chi connectivity index (χ2n) is 8.79. The van der Waals surface area contributed by atoms with Crippen molar-refractivity contribution in [3.05, 3.63) is 77.6 Å². The predicted octanol–water partition coefficient (Wildman–Crippen LogP) is 5.33. The van der Waals surface area contributed by atoms with Gasteiger partial charge in [-0.2, -0.15) is 4.31 Å². The minimum absolute atomic E-state index is 0.0149. The number of rotatable bonds is 7. The van der Waals surface area contributed by atoms with Gasteiger partial charge >= 0.3 is 5.97 Å². The lowest BCUT2D eigenvalue weighted by Crippen LogP contribution is -2.40. The van der Waals surface area contributed by atoms with Crippen LogP contribution in [0, 0.1) is 5.82 Å². The zero-order chi connectivity index (χ0) is 26.0. The van der Waals surface area contributed by atoms with Gasteiger partial charge in [0.25, 0.3) is 0 Å². The van der Waals surface area contributed by atoms with Crippen LogP contribution in [-0.4, -0.2) is 49.7 Å². The number of aromatic carboxylic acids is 1. The number of carboxylic acids is 1. The van der Waals surface area contributed by atoms with Crippen LogP contribution in [0.5, 0.6) is 0 Å². The molecule has 1 unspecified atom stereocenters. The van der Waals surface area contributed by atoms with Gasteiger partial charge in [0.15, 0.2) is 6.29 Å². The average molecular weight is 511 g/mol. The number of sulfonamides is 1. The maximum atomic E-state index is 15.7. The summed E-state index contributed by atoms with van der Waals surface area (Å²) in [5.74, 6) is -2.00. The van der Waals surface area contributed by atoms with E-state index in [1.54, 1.807) is 4.90 Å². The number of carbonyl (C=O) groups is 2. The van der Waals surface area contributed by atoms with Gasteiger partial charge in [-0.05, 0) is 48.4 Å². The number of halogens is 1. The topological polar surface area (TPSA) is 95.0 Å². The van der Waals surface area contributed by atoms with Crippen molar-refractivity contribution in [2.24, 2.45) is 0 Å². The highest BCUT2D eigenvalue weighted by atomic mass is 32.2. The third-order valence-corrected chi connectivity index (χ3v) is 8.52. The van der Waals surface area contributed by atoms with E-state index in [-0.39, 0.29) is 38.9 Å². The van der Waals surface area contributed by atoms with Crippen molar-refractivity contribution in [3.63, 3.8) is 0 Å². The molecule has 1 atom stereocenters. The van der Waals surface area contributed by atoms with Gasteiger partial charge in [0.1, 0.15) is 10.7 Å². The van der Waals surface area contributed by atoms with Crippen molar-refractivity contribution < 1.29 is 27.5 Å². The number of fused-ring (bicyclic) bond motifs is 1. The SMILES string of the molecule is CCCCC1CN(c2ccccc2)c2cc(F)c(-c3cc(C(=O)O)ccc3C=O)cc2S(=O)(=O)N1C. The lowest BCUT2D eigenvalue weighted by atomic mass is 9.96. The molecule has 1 aliphatic rings. The number of para-hydroxylation sites is 1. The van der Waals surface area contributed by atoms with Gasteiger partial charge in [-0.15, -0.1) is 0 Å². The van der Waals surface area contributed by atoms with Gasteiger partial charge in [0, 0.05) is 36.4 Å². The molecule has 4 rings (SSSR count). The molecular weight excluding hydrogens is 483 g/mol. The van der Waals surface area contributed by atoms with Crippen LogP contribution < -0.4 is 4.90 Å². The summed E-state index contributed by atoms with van der Waals surface area (Å²) in [5, 5.41) is 9.41. The van der Waals surface area contributed by atoms with E-state index in [2.05, 4.69) is 0 Å². The first-order valence-corrected chi connectivity index (χ1v) is 13.1. The van der Waals surface area contributed by atoms with Crippen LogP contribution in [0.1, 0.15) is 46.9 Å². The average Bonchev–Trinajstić information content (AvgIpc) is 2.95. The Morgan fingerprint density at radius 1 is 1.11 bits per heavy atom. The van der Waals surface area contributed by atoms with E-state index in [1.165, 1.54) is 35.6 Å². The Hall–Kier alpha value is -3.56. The van der Waals surface area contributed by atoms with E-state index in [1.807, 2.05) is 37.3 Å². The molecule has 0 aromatic heterocycles. The number of anilines is 2. The zero-order valence-corrected chi connectivity index (χ0v) is 20.8. The number of hydrogen-bond acceptors (Lipinski definition) is 5. The summed E-state index contributed by atoms with van der Waals surface area (Å²) in [4.78, 5) is 24.9. The number of carboxylic acid groups (broad SMARTS) is 1. The monoisotopic (exact) mass is 510 g/mol. The van der Waals surface area contributed by atoms with E-state index in [4.69, 9.17) is 0 Å². The van der Waals surface area contributed by atoms with Crippen LogP contribution in [0.3, 0.4) is 0 Å². The summed E-state index contributed by atoms with van der Waals surface area (Å²) in [5.41, 5.74) is 0.682. The fourth-order valence-corrected chi connectivity index (χ4v) is 6.11. The summed E-state index contributed by atoms with van der Waals surface area (Å²) < 4.78 is 44.6. The molecule has 188 valence electrons. The number of unbranched alkanes of at least 4 members (excludes halogenated alkanes) is 1. The van der Waals surface area contributed by atoms with Gasteiger partial charge in [-0.1, -0.05) is 44.0 Å². The summed E-state index contributed by atoms with van der Waals surface area (Å²) in [6.45, 7) is 2.37. The van der Waals surface area contributed by atoms with Gasteiger partial charge in [-0.25, -0.2) is 17.6 Å². The van der Waals surface area contributed by atoms with Crippen LogP contribution in [0.2, 0.25) is 0 Å². The van der Waals surface area contributed by atoms with E-state index >= 15 is 4.39 Å². The Balaban J connectivity index is 1.99. The van der Waals surface area contributed by atoms with E-state index in [0.717, 1.165) is 24.6 Å². The van der Waals surface area contributed by atoms with Gasteiger partial charge < -0.3 is 10.0 Å². The number of nitrogens with zero attached hydrogens (tertiary/aromatic N) is 2. The molecule has 36 heavy (non-hydrogen) atoms. The van der Waals surface area contributed by atoms with Gasteiger partial charge in [0.2, 0.25) is 10.0 Å². The molecule has 3 aromatic rings. The smallest absolute Gasteiger partial charge is 0.335 e. The first-order valence-electron chi connectivity index (χ1n) is 11.7. The molecule has 7 nitrogen and oxygen atoms in total. The molecule has 3 aromatic carbocycles. The molecular formula is C27H27FN2O5S. The molecule has 9 heteroatoms. The van der Waals surface area contributed by atoms with Crippen molar-refractivity contribution in [3.8, 4) is 11.1 Å². The van der Waals surface area contributed by atoms with Crippen molar-refractivity contribution >= 4 is 33.7 Å². The highest BCUT2D eigenvalue weighted by Gasteiger charge is 2.37. The molecule has 1 N–H and O–H groups in total. The second kappa shape index (κ2) is 10.2. The van der Waals surface area contributed by atoms with E-state index in [0.29, 0.717) is 19.3 Å². The molecule has 1 aliphatic heterocycles. The highest BCUT2D eigenvalue weighted by molar-refractivity contribution is 7.89. The second-order valence-corrected chi connectivity index (χ2v) is 10.8. The largest absolute Gasteiger partial charge is 0.478 e. The Kier molecular flexibility index (Phi) is 7.23. The molecule has 0 radical (unpaired) electrons. The minimum atomic E-state index is -4.05. The summed E-state index contributed by atoms with van der Waals surface area (Å²) in [7, 11) is -2.52. The van der Waals surface area contributed by atoms with E-state index in [9.17, 15) is 23.1 Å². The quantitative estimate of drug-likeness (QED) is 0.432. The summed E-state index contributed by atoms with van der Waals surface area (Å²) in [6, 6.07) is 14.9. The molecule has 0 saturated carbocycles. The Morgan fingerprint density at radius 2 is 1.83 bits per heavy atom. The number of aldehydes is 1. The highest BCUT2D eigenvalue weighted by Crippen LogP contribution is 2.41. The van der Waals surface area contributed by atoms with Crippen LogP contribution in [-0.2, 0) is 10.0 Å². The van der Waals surface area contributed by atoms with Crippen LogP contribution >= 0.6 is 0 Å². The Bertz CT molecular complexity index is 1410. The number of benzene rings is 3. The summed E-state index contributed by atoms with van der Waals surface area (Å²) >= 11 is 0. The number of likely N-dealkylation sites (N-methyl/N-ethyl adjacent to an activating group) is 1. The first kappa shape index (κ1) is 25.5. The van der Waals surface area contributed by atoms with Crippen molar-refractivity contribution in [2.45, 2.75) is 37.1 Å². The van der Waals surface area contributed by atoms with Crippen molar-refractivity contribution in [1.82, 2.24) is 4.31 Å². The standard InChI is InChI=1S/C27H27FN2O5S/c1-3-4-8-21-16-30(20-9-6-5-7-10-20)25-15-24(28)23(14-26(25)36(34,35)29(21)2)22-13-18(27(32)33)11-12-19(22)17-31/h5-7,9-15,17,21H,3-4,8,16H2,1-2H3,(H,32,33). The van der Waals surface area contributed by atoms with E-state index < -0.39 is 21.8 Å². The van der Waals surface area contributed by atoms with Gasteiger partial charge in [0.05, 0.1) is 11.3 Å². The minimum Gasteiger partial charge on any atom is -0.478 e. The molecule has 0 saturated heterocycles. The van der Waals surface area contributed by atoms with Crippen molar-refractivity contribution in [1.29, 1.82) is 0 Å². The first-order chi connectivity index (χ1) is 17.2.